The minimum Gasteiger partial charge on any atom is -0.459 e. The van der Waals surface area contributed by atoms with Crippen LogP contribution in [0.15, 0.2) is 12.2 Å². The third kappa shape index (κ3) is 2.16. The number of allylic oxidation sites excluding steroid dienone is 2. The van der Waals surface area contributed by atoms with Crippen molar-refractivity contribution in [1.29, 1.82) is 0 Å². The van der Waals surface area contributed by atoms with Gasteiger partial charge in [-0.1, -0.05) is 19.1 Å². The van der Waals surface area contributed by atoms with Gasteiger partial charge in [-0.15, -0.1) is 0 Å². The Hall–Kier alpha value is -0.790. The Bertz CT molecular complexity index is 304. The molecule has 1 saturated carbocycles. The topological polar surface area (TPSA) is 26.3 Å². The summed E-state index contributed by atoms with van der Waals surface area (Å²) in [7, 11) is 0. The van der Waals surface area contributed by atoms with Crippen molar-refractivity contribution in [2.24, 2.45) is 17.8 Å². The largest absolute Gasteiger partial charge is 0.459 e. The van der Waals surface area contributed by atoms with Crippen molar-refractivity contribution in [3.63, 3.8) is 0 Å². The molecule has 3 aliphatic carbocycles. The van der Waals surface area contributed by atoms with Gasteiger partial charge in [0, 0.05) is 12.3 Å². The van der Waals surface area contributed by atoms with E-state index in [4.69, 9.17) is 4.74 Å². The molecule has 3 unspecified atom stereocenters. The molecule has 3 aliphatic rings. The first-order valence-corrected chi connectivity index (χ1v) is 6.43. The zero-order valence-corrected chi connectivity index (χ0v) is 10.5. The smallest absolute Gasteiger partial charge is 0.306 e. The van der Waals surface area contributed by atoms with Crippen LogP contribution in [0.4, 0.5) is 0 Å². The van der Waals surface area contributed by atoms with Gasteiger partial charge in [-0.05, 0) is 44.9 Å². The predicted octanol–water partition coefficient (Wildman–Crippen LogP) is 3.32. The van der Waals surface area contributed by atoms with E-state index >= 15 is 0 Å². The minimum atomic E-state index is -0.304. The first-order chi connectivity index (χ1) is 7.53. The molecule has 0 aromatic heterocycles. The summed E-state index contributed by atoms with van der Waals surface area (Å²) in [5, 5.41) is 0. The van der Waals surface area contributed by atoms with Crippen LogP contribution in [0.5, 0.6) is 0 Å². The summed E-state index contributed by atoms with van der Waals surface area (Å²) < 4.78 is 5.61. The molecular formula is C14H22O2. The van der Waals surface area contributed by atoms with E-state index in [1.54, 1.807) is 0 Å². The van der Waals surface area contributed by atoms with Gasteiger partial charge >= 0.3 is 5.97 Å². The SMILES string of the molecule is CCC(=O)OC(C)(C)C1CC2C=CC1CC2. The van der Waals surface area contributed by atoms with Crippen molar-refractivity contribution in [1.82, 2.24) is 0 Å². The Morgan fingerprint density at radius 1 is 1.38 bits per heavy atom. The summed E-state index contributed by atoms with van der Waals surface area (Å²) in [5.74, 6) is 1.77. The third-order valence-corrected chi connectivity index (χ3v) is 4.13. The van der Waals surface area contributed by atoms with Gasteiger partial charge in [0.2, 0.25) is 0 Å². The van der Waals surface area contributed by atoms with Crippen molar-refractivity contribution in [2.45, 2.75) is 52.1 Å². The Labute approximate surface area is 98.1 Å². The van der Waals surface area contributed by atoms with Gasteiger partial charge in [0.15, 0.2) is 0 Å². The van der Waals surface area contributed by atoms with E-state index in [-0.39, 0.29) is 11.6 Å². The summed E-state index contributed by atoms with van der Waals surface area (Å²) in [4.78, 5) is 11.4. The van der Waals surface area contributed by atoms with E-state index in [0.717, 1.165) is 5.92 Å². The van der Waals surface area contributed by atoms with Gasteiger partial charge in [-0.3, -0.25) is 4.79 Å². The van der Waals surface area contributed by atoms with E-state index < -0.39 is 0 Å². The first kappa shape index (κ1) is 11.7. The second-order valence-electron chi connectivity index (χ2n) is 5.66. The Morgan fingerprint density at radius 2 is 2.12 bits per heavy atom. The molecule has 0 heterocycles. The number of hydrogen-bond acceptors (Lipinski definition) is 2. The van der Waals surface area contributed by atoms with E-state index in [0.29, 0.717) is 18.3 Å². The lowest BCUT2D eigenvalue weighted by molar-refractivity contribution is -0.165. The quantitative estimate of drug-likeness (QED) is 0.541. The molecule has 0 N–H and O–H groups in total. The fourth-order valence-corrected chi connectivity index (χ4v) is 3.17. The molecule has 2 bridgehead atoms. The van der Waals surface area contributed by atoms with Gasteiger partial charge in [-0.25, -0.2) is 0 Å². The van der Waals surface area contributed by atoms with Gasteiger partial charge < -0.3 is 4.74 Å². The number of esters is 1. The van der Waals surface area contributed by atoms with Gasteiger partial charge in [-0.2, -0.15) is 0 Å². The molecule has 3 rings (SSSR count). The second-order valence-corrected chi connectivity index (χ2v) is 5.66. The maximum absolute atomic E-state index is 11.4. The zero-order chi connectivity index (χ0) is 11.8. The number of ether oxygens (including phenoxy) is 1. The normalized spacial score (nSPS) is 32.8. The number of carbonyl (C=O) groups excluding carboxylic acids is 1. The minimum absolute atomic E-state index is 0.0737. The second kappa shape index (κ2) is 4.23. The van der Waals surface area contributed by atoms with Gasteiger partial charge in [0.1, 0.15) is 5.60 Å². The maximum atomic E-state index is 11.4. The Balaban J connectivity index is 2.06. The van der Waals surface area contributed by atoms with E-state index in [1.807, 2.05) is 6.92 Å². The number of carbonyl (C=O) groups is 1. The van der Waals surface area contributed by atoms with Crippen LogP contribution in [-0.4, -0.2) is 11.6 Å². The van der Waals surface area contributed by atoms with Crippen LogP contribution >= 0.6 is 0 Å². The Morgan fingerprint density at radius 3 is 2.56 bits per heavy atom. The average molecular weight is 222 g/mol. The molecule has 2 nitrogen and oxygen atoms in total. The summed E-state index contributed by atoms with van der Waals surface area (Å²) in [6, 6.07) is 0. The van der Waals surface area contributed by atoms with Crippen LogP contribution in [-0.2, 0) is 9.53 Å². The average Bonchev–Trinajstić information content (AvgIpc) is 2.30. The highest BCUT2D eigenvalue weighted by Gasteiger charge is 2.42. The fourth-order valence-electron chi connectivity index (χ4n) is 3.17. The highest BCUT2D eigenvalue weighted by Crippen LogP contribution is 2.46. The van der Waals surface area contributed by atoms with Gasteiger partial charge in [0.05, 0.1) is 0 Å². The Kier molecular flexibility index (Phi) is 3.09. The lowest BCUT2D eigenvalue weighted by Crippen LogP contribution is -2.44. The van der Waals surface area contributed by atoms with Crippen molar-refractivity contribution in [3.05, 3.63) is 12.2 Å². The summed E-state index contributed by atoms with van der Waals surface area (Å²) in [5.41, 5.74) is -0.304. The highest BCUT2D eigenvalue weighted by atomic mass is 16.6. The standard InChI is InChI=1S/C14H22O2/c1-4-13(15)16-14(2,3)12-9-10-5-7-11(12)8-6-10/h5,7,10-12H,4,6,8-9H2,1-3H3. The lowest BCUT2D eigenvalue weighted by Gasteiger charge is -2.45. The molecule has 16 heavy (non-hydrogen) atoms. The third-order valence-electron chi connectivity index (χ3n) is 4.13. The van der Waals surface area contributed by atoms with Crippen molar-refractivity contribution >= 4 is 5.97 Å². The lowest BCUT2D eigenvalue weighted by atomic mass is 9.64. The molecule has 0 spiro atoms. The monoisotopic (exact) mass is 222 g/mol. The molecule has 0 saturated heterocycles. The van der Waals surface area contributed by atoms with Gasteiger partial charge in [0.25, 0.3) is 0 Å². The molecule has 1 fully saturated rings. The van der Waals surface area contributed by atoms with E-state index in [9.17, 15) is 4.79 Å². The fraction of sp³-hybridized carbons (Fsp3) is 0.786. The summed E-state index contributed by atoms with van der Waals surface area (Å²) in [6.07, 6.45) is 8.92. The van der Waals surface area contributed by atoms with Crippen LogP contribution in [0.25, 0.3) is 0 Å². The zero-order valence-electron chi connectivity index (χ0n) is 10.5. The molecule has 3 atom stereocenters. The van der Waals surface area contributed by atoms with E-state index in [2.05, 4.69) is 26.0 Å². The van der Waals surface area contributed by atoms with Crippen LogP contribution in [0.2, 0.25) is 0 Å². The molecule has 0 aromatic rings. The number of hydrogen-bond donors (Lipinski definition) is 0. The van der Waals surface area contributed by atoms with E-state index in [1.165, 1.54) is 19.3 Å². The van der Waals surface area contributed by atoms with Crippen LogP contribution in [0, 0.1) is 17.8 Å². The number of rotatable bonds is 3. The summed E-state index contributed by atoms with van der Waals surface area (Å²) >= 11 is 0. The molecule has 0 radical (unpaired) electrons. The van der Waals surface area contributed by atoms with Crippen molar-refractivity contribution < 1.29 is 9.53 Å². The summed E-state index contributed by atoms with van der Waals surface area (Å²) in [6.45, 7) is 5.99. The number of fused-ring (bicyclic) bond motifs is 2. The van der Waals surface area contributed by atoms with Crippen molar-refractivity contribution in [3.8, 4) is 0 Å². The molecule has 0 aromatic carbocycles. The highest BCUT2D eigenvalue weighted by molar-refractivity contribution is 5.69. The molecule has 2 heteroatoms. The maximum Gasteiger partial charge on any atom is 0.306 e. The molecule has 0 amide bonds. The predicted molar refractivity (Wildman–Crippen MR) is 63.9 cm³/mol. The van der Waals surface area contributed by atoms with Crippen LogP contribution < -0.4 is 0 Å². The molecule has 90 valence electrons. The molecular weight excluding hydrogens is 200 g/mol. The first-order valence-electron chi connectivity index (χ1n) is 6.43. The van der Waals surface area contributed by atoms with Crippen molar-refractivity contribution in [2.75, 3.05) is 0 Å². The van der Waals surface area contributed by atoms with Crippen LogP contribution in [0.1, 0.15) is 46.5 Å². The van der Waals surface area contributed by atoms with Crippen LogP contribution in [0.3, 0.4) is 0 Å². The molecule has 0 aliphatic heterocycles.